The van der Waals surface area contributed by atoms with E-state index in [4.69, 9.17) is 0 Å². The van der Waals surface area contributed by atoms with Crippen LogP contribution in [0.15, 0.2) is 29.4 Å². The minimum atomic E-state index is -0.164. The van der Waals surface area contributed by atoms with Gasteiger partial charge in [0.1, 0.15) is 5.71 Å². The van der Waals surface area contributed by atoms with Gasteiger partial charge in [-0.25, -0.2) is 5.01 Å². The first-order valence-corrected chi connectivity index (χ1v) is 6.18. The van der Waals surface area contributed by atoms with Gasteiger partial charge >= 0.3 is 0 Å². The van der Waals surface area contributed by atoms with Gasteiger partial charge in [-0.05, 0) is 19.1 Å². The largest absolute Gasteiger partial charge is 0.310 e. The Bertz CT molecular complexity index is 534. The number of benzene rings is 1. The van der Waals surface area contributed by atoms with Gasteiger partial charge in [-0.15, -0.1) is 0 Å². The lowest BCUT2D eigenvalue weighted by Gasteiger charge is -2.23. The maximum absolute atomic E-state index is 12.3. The fourth-order valence-corrected chi connectivity index (χ4v) is 1.90. The van der Waals surface area contributed by atoms with Crippen LogP contribution >= 0.6 is 0 Å². The first kappa shape index (κ1) is 13.3. The number of carbonyl (C=O) groups is 2. The molecular formula is C14H17N3O2. The Labute approximate surface area is 112 Å². The van der Waals surface area contributed by atoms with Gasteiger partial charge in [0.15, 0.2) is 0 Å². The van der Waals surface area contributed by atoms with Crippen molar-refractivity contribution in [2.45, 2.75) is 19.8 Å². The van der Waals surface area contributed by atoms with E-state index in [1.165, 1.54) is 5.01 Å². The lowest BCUT2D eigenvalue weighted by Crippen LogP contribution is -2.38. The highest BCUT2D eigenvalue weighted by molar-refractivity contribution is 6.44. The molecule has 2 amide bonds. The van der Waals surface area contributed by atoms with Crippen LogP contribution in [0.2, 0.25) is 0 Å². The summed E-state index contributed by atoms with van der Waals surface area (Å²) in [5.74, 6) is -0.224. The van der Waals surface area contributed by atoms with Crippen molar-refractivity contribution in [2.24, 2.45) is 5.10 Å². The number of rotatable bonds is 2. The number of hydrazone groups is 1. The molecule has 0 radical (unpaired) electrons. The summed E-state index contributed by atoms with van der Waals surface area (Å²) in [6, 6.07) is 7.70. The van der Waals surface area contributed by atoms with E-state index in [0.717, 1.165) is 11.3 Å². The average Bonchev–Trinajstić information content (AvgIpc) is 2.41. The van der Waals surface area contributed by atoms with Crippen LogP contribution in [0.25, 0.3) is 0 Å². The third-order valence-corrected chi connectivity index (χ3v) is 3.18. The SMILES string of the molecule is Cc1ccc(N(C)C(=O)C2=NN(C)C(=O)CC2)cc1. The minimum absolute atomic E-state index is 0.0606. The van der Waals surface area contributed by atoms with Crippen molar-refractivity contribution in [1.82, 2.24) is 5.01 Å². The van der Waals surface area contributed by atoms with Crippen LogP contribution in [0, 0.1) is 6.92 Å². The van der Waals surface area contributed by atoms with Crippen LogP contribution in [0.5, 0.6) is 0 Å². The molecule has 0 bridgehead atoms. The van der Waals surface area contributed by atoms with Crippen LogP contribution in [-0.4, -0.2) is 36.6 Å². The number of hydrogen-bond acceptors (Lipinski definition) is 3. The molecule has 0 aliphatic carbocycles. The predicted octanol–water partition coefficient (Wildman–Crippen LogP) is 1.57. The van der Waals surface area contributed by atoms with Gasteiger partial charge in [-0.1, -0.05) is 17.7 Å². The van der Waals surface area contributed by atoms with Gasteiger partial charge in [0, 0.05) is 32.6 Å². The molecule has 1 aromatic carbocycles. The van der Waals surface area contributed by atoms with E-state index in [-0.39, 0.29) is 11.8 Å². The molecule has 5 heteroatoms. The first-order valence-electron chi connectivity index (χ1n) is 6.18. The molecule has 100 valence electrons. The van der Waals surface area contributed by atoms with Crippen molar-refractivity contribution in [2.75, 3.05) is 19.0 Å². The summed E-state index contributed by atoms with van der Waals surface area (Å²) in [7, 11) is 3.28. The molecule has 2 rings (SSSR count). The predicted molar refractivity (Wildman–Crippen MR) is 74.0 cm³/mol. The van der Waals surface area contributed by atoms with Gasteiger partial charge in [-0.3, -0.25) is 9.59 Å². The number of aryl methyl sites for hydroxylation is 1. The highest BCUT2D eigenvalue weighted by Crippen LogP contribution is 2.16. The number of nitrogens with zero attached hydrogens (tertiary/aromatic N) is 3. The molecule has 0 unspecified atom stereocenters. The Morgan fingerprint density at radius 1 is 1.26 bits per heavy atom. The molecular weight excluding hydrogens is 242 g/mol. The van der Waals surface area contributed by atoms with E-state index in [2.05, 4.69) is 5.10 Å². The number of amides is 2. The zero-order chi connectivity index (χ0) is 14.0. The smallest absolute Gasteiger partial charge is 0.274 e. The molecule has 1 heterocycles. The van der Waals surface area contributed by atoms with Crippen LogP contribution in [0.4, 0.5) is 5.69 Å². The highest BCUT2D eigenvalue weighted by atomic mass is 16.2. The highest BCUT2D eigenvalue weighted by Gasteiger charge is 2.24. The second-order valence-corrected chi connectivity index (χ2v) is 4.66. The third-order valence-electron chi connectivity index (χ3n) is 3.18. The maximum atomic E-state index is 12.3. The second-order valence-electron chi connectivity index (χ2n) is 4.66. The van der Waals surface area contributed by atoms with Crippen LogP contribution in [0.3, 0.4) is 0 Å². The summed E-state index contributed by atoms with van der Waals surface area (Å²) in [5.41, 5.74) is 2.38. The Morgan fingerprint density at radius 3 is 2.47 bits per heavy atom. The normalized spacial score (nSPS) is 15.2. The molecule has 0 spiro atoms. The van der Waals surface area contributed by atoms with Gasteiger partial charge in [-0.2, -0.15) is 5.10 Å². The van der Waals surface area contributed by atoms with Crippen molar-refractivity contribution in [1.29, 1.82) is 0 Å². The molecule has 0 N–H and O–H groups in total. The summed E-state index contributed by atoms with van der Waals surface area (Å²) < 4.78 is 0. The second kappa shape index (κ2) is 5.22. The monoisotopic (exact) mass is 259 g/mol. The Morgan fingerprint density at radius 2 is 1.89 bits per heavy atom. The minimum Gasteiger partial charge on any atom is -0.310 e. The molecule has 0 saturated heterocycles. The van der Waals surface area contributed by atoms with Crippen molar-refractivity contribution in [3.05, 3.63) is 29.8 Å². The van der Waals surface area contributed by atoms with Gasteiger partial charge < -0.3 is 4.90 Å². The van der Waals surface area contributed by atoms with Crippen LogP contribution in [0.1, 0.15) is 18.4 Å². The van der Waals surface area contributed by atoms with Crippen molar-refractivity contribution >= 4 is 23.2 Å². The Kier molecular flexibility index (Phi) is 3.64. The van der Waals surface area contributed by atoms with Crippen LogP contribution in [-0.2, 0) is 9.59 Å². The zero-order valence-corrected chi connectivity index (χ0v) is 11.4. The summed E-state index contributed by atoms with van der Waals surface area (Å²) in [6.45, 7) is 2.00. The van der Waals surface area contributed by atoms with Gasteiger partial charge in [0.2, 0.25) is 5.91 Å². The van der Waals surface area contributed by atoms with E-state index in [1.54, 1.807) is 19.0 Å². The molecule has 0 aromatic heterocycles. The van der Waals surface area contributed by atoms with E-state index < -0.39 is 0 Å². The lowest BCUT2D eigenvalue weighted by atomic mass is 10.1. The van der Waals surface area contributed by atoms with E-state index in [9.17, 15) is 9.59 Å². The molecule has 1 aliphatic rings. The van der Waals surface area contributed by atoms with Crippen molar-refractivity contribution < 1.29 is 9.59 Å². The quantitative estimate of drug-likeness (QED) is 0.809. The van der Waals surface area contributed by atoms with Crippen LogP contribution < -0.4 is 4.90 Å². The number of hydrogen-bond donors (Lipinski definition) is 0. The van der Waals surface area contributed by atoms with E-state index in [1.807, 2.05) is 31.2 Å². The number of carbonyl (C=O) groups excluding carboxylic acids is 2. The van der Waals surface area contributed by atoms with E-state index >= 15 is 0 Å². The summed E-state index contributed by atoms with van der Waals surface area (Å²) in [5, 5.41) is 5.27. The molecule has 0 saturated carbocycles. The third kappa shape index (κ3) is 2.81. The lowest BCUT2D eigenvalue weighted by molar-refractivity contribution is -0.130. The standard InChI is InChI=1S/C14H17N3O2/c1-10-4-6-11(7-5-10)16(2)14(19)12-8-9-13(18)17(3)15-12/h4-7H,8-9H2,1-3H3. The molecule has 0 fully saturated rings. The zero-order valence-electron chi connectivity index (χ0n) is 11.4. The summed E-state index contributed by atoms with van der Waals surface area (Å²) in [4.78, 5) is 25.2. The summed E-state index contributed by atoms with van der Waals surface area (Å²) in [6.07, 6.45) is 0.737. The Balaban J connectivity index is 2.18. The summed E-state index contributed by atoms with van der Waals surface area (Å²) >= 11 is 0. The molecule has 1 aliphatic heterocycles. The van der Waals surface area contributed by atoms with Gasteiger partial charge in [0.05, 0.1) is 0 Å². The number of anilines is 1. The molecule has 5 nitrogen and oxygen atoms in total. The van der Waals surface area contributed by atoms with Gasteiger partial charge in [0.25, 0.3) is 5.91 Å². The Hall–Kier alpha value is -2.17. The molecule has 0 atom stereocenters. The average molecular weight is 259 g/mol. The molecule has 1 aromatic rings. The first-order chi connectivity index (χ1) is 8.99. The fraction of sp³-hybridized carbons (Fsp3) is 0.357. The fourth-order valence-electron chi connectivity index (χ4n) is 1.90. The van der Waals surface area contributed by atoms with Crippen molar-refractivity contribution in [3.8, 4) is 0 Å². The van der Waals surface area contributed by atoms with Crippen molar-refractivity contribution in [3.63, 3.8) is 0 Å². The molecule has 19 heavy (non-hydrogen) atoms. The topological polar surface area (TPSA) is 53.0 Å². The maximum Gasteiger partial charge on any atom is 0.274 e. The van der Waals surface area contributed by atoms with E-state index in [0.29, 0.717) is 18.6 Å².